The molecule has 1 heterocycles. The first-order valence-electron chi connectivity index (χ1n) is 4.88. The SMILES string of the molecule is COC(=O)C(N)CN1CCN(C#N)CC1. The van der Waals surface area contributed by atoms with Crippen LogP contribution < -0.4 is 5.73 Å². The van der Waals surface area contributed by atoms with Crippen LogP contribution in [0, 0.1) is 11.5 Å². The number of ether oxygens (including phenoxy) is 1. The highest BCUT2D eigenvalue weighted by molar-refractivity contribution is 5.75. The van der Waals surface area contributed by atoms with Crippen molar-refractivity contribution >= 4 is 5.97 Å². The van der Waals surface area contributed by atoms with Gasteiger partial charge in [0, 0.05) is 32.7 Å². The van der Waals surface area contributed by atoms with Crippen molar-refractivity contribution in [3.05, 3.63) is 0 Å². The van der Waals surface area contributed by atoms with Gasteiger partial charge in [0.05, 0.1) is 7.11 Å². The van der Waals surface area contributed by atoms with Gasteiger partial charge in [0.2, 0.25) is 0 Å². The number of nitriles is 1. The Labute approximate surface area is 89.2 Å². The number of rotatable bonds is 3. The average molecular weight is 212 g/mol. The monoisotopic (exact) mass is 212 g/mol. The van der Waals surface area contributed by atoms with Gasteiger partial charge in [0.25, 0.3) is 0 Å². The molecule has 15 heavy (non-hydrogen) atoms. The van der Waals surface area contributed by atoms with Crippen molar-refractivity contribution in [2.75, 3.05) is 39.8 Å². The number of esters is 1. The van der Waals surface area contributed by atoms with Crippen molar-refractivity contribution < 1.29 is 9.53 Å². The molecular formula is C9H16N4O2. The Morgan fingerprint density at radius 1 is 1.53 bits per heavy atom. The zero-order valence-electron chi connectivity index (χ0n) is 8.85. The van der Waals surface area contributed by atoms with Crippen molar-refractivity contribution in [2.24, 2.45) is 5.73 Å². The quantitative estimate of drug-likeness (QED) is 0.457. The Kier molecular flexibility index (Phi) is 4.34. The van der Waals surface area contributed by atoms with Crippen LogP contribution in [0.3, 0.4) is 0 Å². The van der Waals surface area contributed by atoms with Gasteiger partial charge in [0.1, 0.15) is 6.04 Å². The lowest BCUT2D eigenvalue weighted by Crippen LogP contribution is -2.50. The highest BCUT2D eigenvalue weighted by atomic mass is 16.5. The standard InChI is InChI=1S/C9H16N4O2/c1-15-9(14)8(11)6-12-2-4-13(7-10)5-3-12/h8H,2-6,11H2,1H3. The summed E-state index contributed by atoms with van der Waals surface area (Å²) in [5.74, 6) is -0.391. The lowest BCUT2D eigenvalue weighted by atomic mass is 10.2. The summed E-state index contributed by atoms with van der Waals surface area (Å²) in [6.45, 7) is 3.41. The first kappa shape index (κ1) is 11.8. The summed E-state index contributed by atoms with van der Waals surface area (Å²) in [6.07, 6.45) is 2.10. The average Bonchev–Trinajstić information content (AvgIpc) is 2.29. The molecule has 1 fully saturated rings. The highest BCUT2D eigenvalue weighted by Crippen LogP contribution is 2.01. The third-order valence-corrected chi connectivity index (χ3v) is 2.47. The van der Waals surface area contributed by atoms with Gasteiger partial charge in [-0.25, -0.2) is 0 Å². The van der Waals surface area contributed by atoms with Crippen LogP contribution in [0.5, 0.6) is 0 Å². The van der Waals surface area contributed by atoms with Gasteiger partial charge >= 0.3 is 5.97 Å². The predicted molar refractivity (Wildman–Crippen MR) is 53.6 cm³/mol. The highest BCUT2D eigenvalue weighted by Gasteiger charge is 2.21. The van der Waals surface area contributed by atoms with Gasteiger partial charge in [-0.15, -0.1) is 0 Å². The molecule has 0 bridgehead atoms. The summed E-state index contributed by atoms with van der Waals surface area (Å²) in [4.78, 5) is 14.8. The molecule has 1 aliphatic heterocycles. The Hall–Kier alpha value is -1.32. The largest absolute Gasteiger partial charge is 0.468 e. The molecule has 0 aliphatic carbocycles. The zero-order valence-corrected chi connectivity index (χ0v) is 8.85. The molecule has 0 aromatic carbocycles. The number of piperazine rings is 1. The summed E-state index contributed by atoms with van der Waals surface area (Å²) in [5, 5.41) is 8.64. The Morgan fingerprint density at radius 3 is 2.60 bits per heavy atom. The second-order valence-corrected chi connectivity index (χ2v) is 3.52. The van der Waals surface area contributed by atoms with Crippen LogP contribution in [-0.2, 0) is 9.53 Å². The summed E-state index contributed by atoms with van der Waals surface area (Å²) < 4.78 is 4.54. The van der Waals surface area contributed by atoms with E-state index in [-0.39, 0.29) is 0 Å². The molecule has 1 saturated heterocycles. The van der Waals surface area contributed by atoms with Crippen LogP contribution in [0.15, 0.2) is 0 Å². The molecule has 0 amide bonds. The normalized spacial score (nSPS) is 19.4. The molecule has 0 saturated carbocycles. The van der Waals surface area contributed by atoms with Gasteiger partial charge in [-0.1, -0.05) is 0 Å². The number of carbonyl (C=O) groups excluding carboxylic acids is 1. The van der Waals surface area contributed by atoms with Crippen molar-refractivity contribution in [1.82, 2.24) is 9.80 Å². The summed E-state index contributed by atoms with van der Waals surface area (Å²) in [5.41, 5.74) is 5.63. The Balaban J connectivity index is 2.30. The molecule has 1 atom stereocenters. The molecule has 0 spiro atoms. The third kappa shape index (κ3) is 3.38. The van der Waals surface area contributed by atoms with Gasteiger partial charge in [-0.3, -0.25) is 9.69 Å². The maximum absolute atomic E-state index is 11.1. The van der Waals surface area contributed by atoms with Gasteiger partial charge in [-0.2, -0.15) is 5.26 Å². The molecular weight excluding hydrogens is 196 g/mol. The topological polar surface area (TPSA) is 82.6 Å². The van der Waals surface area contributed by atoms with Crippen LogP contribution in [-0.4, -0.2) is 61.6 Å². The minimum absolute atomic E-state index is 0.391. The minimum atomic E-state index is -0.594. The number of hydrogen-bond donors (Lipinski definition) is 1. The third-order valence-electron chi connectivity index (χ3n) is 2.47. The van der Waals surface area contributed by atoms with E-state index in [1.165, 1.54) is 7.11 Å². The summed E-state index contributed by atoms with van der Waals surface area (Å²) in [7, 11) is 1.33. The Morgan fingerprint density at radius 2 is 2.13 bits per heavy atom. The zero-order chi connectivity index (χ0) is 11.3. The van der Waals surface area contributed by atoms with Gasteiger partial charge < -0.3 is 15.4 Å². The molecule has 0 radical (unpaired) electrons. The van der Waals surface area contributed by atoms with E-state index in [4.69, 9.17) is 11.0 Å². The number of methoxy groups -OCH3 is 1. The molecule has 6 heteroatoms. The fraction of sp³-hybridized carbons (Fsp3) is 0.778. The number of nitrogens with two attached hydrogens (primary N) is 1. The molecule has 6 nitrogen and oxygen atoms in total. The number of nitrogens with zero attached hydrogens (tertiary/aromatic N) is 3. The van der Waals surface area contributed by atoms with Crippen LogP contribution in [0.2, 0.25) is 0 Å². The maximum Gasteiger partial charge on any atom is 0.323 e. The van der Waals surface area contributed by atoms with Gasteiger partial charge in [-0.05, 0) is 0 Å². The first-order chi connectivity index (χ1) is 7.17. The predicted octanol–water partition coefficient (Wildman–Crippen LogP) is -1.41. The molecule has 0 aromatic rings. The molecule has 1 rings (SSSR count). The lowest BCUT2D eigenvalue weighted by molar-refractivity contribution is -0.142. The molecule has 0 aromatic heterocycles. The van der Waals surface area contributed by atoms with E-state index >= 15 is 0 Å². The molecule has 2 N–H and O–H groups in total. The van der Waals surface area contributed by atoms with Crippen LogP contribution in [0.1, 0.15) is 0 Å². The van der Waals surface area contributed by atoms with Gasteiger partial charge in [0.15, 0.2) is 6.19 Å². The smallest absolute Gasteiger partial charge is 0.323 e. The van der Waals surface area contributed by atoms with E-state index in [1.54, 1.807) is 4.90 Å². The van der Waals surface area contributed by atoms with E-state index in [2.05, 4.69) is 15.8 Å². The van der Waals surface area contributed by atoms with Crippen LogP contribution in [0.25, 0.3) is 0 Å². The molecule has 84 valence electrons. The molecule has 1 unspecified atom stereocenters. The van der Waals surface area contributed by atoms with Crippen LogP contribution in [0.4, 0.5) is 0 Å². The second kappa shape index (κ2) is 5.53. The minimum Gasteiger partial charge on any atom is -0.468 e. The maximum atomic E-state index is 11.1. The fourth-order valence-electron chi connectivity index (χ4n) is 1.53. The van der Waals surface area contributed by atoms with E-state index in [1.807, 2.05) is 0 Å². The second-order valence-electron chi connectivity index (χ2n) is 3.52. The van der Waals surface area contributed by atoms with E-state index in [0.717, 1.165) is 13.1 Å². The lowest BCUT2D eigenvalue weighted by Gasteiger charge is -2.32. The van der Waals surface area contributed by atoms with E-state index < -0.39 is 12.0 Å². The van der Waals surface area contributed by atoms with Crippen molar-refractivity contribution in [1.29, 1.82) is 5.26 Å². The van der Waals surface area contributed by atoms with Crippen molar-refractivity contribution in [3.8, 4) is 6.19 Å². The Bertz CT molecular complexity index is 255. The number of hydrogen-bond acceptors (Lipinski definition) is 6. The molecule has 1 aliphatic rings. The summed E-state index contributed by atoms with van der Waals surface area (Å²) >= 11 is 0. The van der Waals surface area contributed by atoms with Crippen molar-refractivity contribution in [2.45, 2.75) is 6.04 Å². The first-order valence-corrected chi connectivity index (χ1v) is 4.88. The fourth-order valence-corrected chi connectivity index (χ4v) is 1.53. The summed E-state index contributed by atoms with van der Waals surface area (Å²) in [6, 6.07) is -0.594. The van der Waals surface area contributed by atoms with Crippen molar-refractivity contribution in [3.63, 3.8) is 0 Å². The van der Waals surface area contributed by atoms with E-state index in [9.17, 15) is 4.79 Å². The van der Waals surface area contributed by atoms with Crippen LogP contribution >= 0.6 is 0 Å². The number of carbonyl (C=O) groups is 1. The van der Waals surface area contributed by atoms with E-state index in [0.29, 0.717) is 19.6 Å².